The number of rotatable bonds is 4. The summed E-state index contributed by atoms with van der Waals surface area (Å²) in [6.45, 7) is 3.81. The maximum atomic E-state index is 12.2. The quantitative estimate of drug-likeness (QED) is 0.820. The third-order valence-electron chi connectivity index (χ3n) is 3.72. The molecule has 0 saturated heterocycles. The molecule has 1 heterocycles. The summed E-state index contributed by atoms with van der Waals surface area (Å²) in [4.78, 5) is 14.3. The average Bonchev–Trinajstić information content (AvgIpc) is 3.02. The zero-order chi connectivity index (χ0) is 17.3. The molecular formula is C16H16N2O5S. The predicted molar refractivity (Wildman–Crippen MR) is 86.3 cm³/mol. The van der Waals surface area contributed by atoms with Crippen LogP contribution in [0.25, 0.3) is 0 Å². The van der Waals surface area contributed by atoms with Gasteiger partial charge in [-0.05, 0) is 55.3 Å². The van der Waals surface area contributed by atoms with Gasteiger partial charge in [-0.25, -0.2) is 8.42 Å². The molecule has 8 heteroatoms. The number of hydrogen-bond donors (Lipinski definition) is 2. The van der Waals surface area contributed by atoms with Crippen molar-refractivity contribution in [2.75, 3.05) is 6.79 Å². The first-order valence-corrected chi connectivity index (χ1v) is 8.64. The van der Waals surface area contributed by atoms with Crippen molar-refractivity contribution in [1.82, 2.24) is 10.3 Å². The molecule has 2 aromatic rings. The number of hydrogen-bond acceptors (Lipinski definition) is 5. The number of amides is 1. The number of hydrazine groups is 1. The van der Waals surface area contributed by atoms with Crippen molar-refractivity contribution in [1.29, 1.82) is 0 Å². The minimum absolute atomic E-state index is 0.0802. The number of nitrogens with one attached hydrogen (secondary N) is 2. The lowest BCUT2D eigenvalue weighted by Crippen LogP contribution is -2.41. The number of carbonyl (C=O) groups excluding carboxylic acids is 1. The van der Waals surface area contributed by atoms with E-state index in [0.29, 0.717) is 11.5 Å². The van der Waals surface area contributed by atoms with Crippen LogP contribution in [0.1, 0.15) is 21.5 Å². The molecule has 0 fully saturated rings. The second-order valence-corrected chi connectivity index (χ2v) is 7.06. The van der Waals surface area contributed by atoms with Crippen molar-refractivity contribution in [3.8, 4) is 11.5 Å². The molecule has 24 heavy (non-hydrogen) atoms. The molecule has 0 spiro atoms. The summed E-state index contributed by atoms with van der Waals surface area (Å²) in [6.07, 6.45) is 0. The number of ether oxygens (including phenoxy) is 2. The summed E-state index contributed by atoms with van der Waals surface area (Å²) < 4.78 is 34.8. The highest BCUT2D eigenvalue weighted by molar-refractivity contribution is 7.89. The van der Waals surface area contributed by atoms with Crippen LogP contribution < -0.4 is 19.7 Å². The highest BCUT2D eigenvalue weighted by Gasteiger charge is 2.19. The number of benzene rings is 2. The fourth-order valence-corrected chi connectivity index (χ4v) is 3.09. The monoisotopic (exact) mass is 348 g/mol. The Bertz CT molecular complexity index is 909. The standard InChI is InChI=1S/C16H16N2O5S/c1-10-3-5-13(7-11(10)2)24(20,21)18-17-16(19)12-4-6-14-15(8-12)23-9-22-14/h3-8,18H,9H2,1-2H3,(H,17,19). The summed E-state index contributed by atoms with van der Waals surface area (Å²) in [7, 11) is -3.85. The van der Waals surface area contributed by atoms with E-state index in [1.165, 1.54) is 18.2 Å². The third-order valence-corrected chi connectivity index (χ3v) is 4.97. The lowest BCUT2D eigenvalue weighted by molar-refractivity contribution is 0.0944. The zero-order valence-corrected chi connectivity index (χ0v) is 13.9. The van der Waals surface area contributed by atoms with Crippen molar-refractivity contribution >= 4 is 15.9 Å². The van der Waals surface area contributed by atoms with E-state index in [1.807, 2.05) is 13.8 Å². The predicted octanol–water partition coefficient (Wildman–Crippen LogP) is 1.66. The van der Waals surface area contributed by atoms with Crippen LogP contribution in [0.15, 0.2) is 41.3 Å². The molecule has 3 rings (SSSR count). The Hall–Kier alpha value is -2.58. The first kappa shape index (κ1) is 16.3. The largest absolute Gasteiger partial charge is 0.454 e. The number of sulfonamides is 1. The van der Waals surface area contributed by atoms with E-state index in [0.717, 1.165) is 11.1 Å². The zero-order valence-electron chi connectivity index (χ0n) is 13.1. The Morgan fingerprint density at radius 1 is 1.00 bits per heavy atom. The van der Waals surface area contributed by atoms with E-state index in [2.05, 4.69) is 10.3 Å². The fraction of sp³-hybridized carbons (Fsp3) is 0.188. The van der Waals surface area contributed by atoms with Gasteiger partial charge in [0, 0.05) is 5.56 Å². The van der Waals surface area contributed by atoms with Gasteiger partial charge in [0.05, 0.1) is 4.90 Å². The summed E-state index contributed by atoms with van der Waals surface area (Å²) in [5.41, 5.74) is 4.27. The fourth-order valence-electron chi connectivity index (χ4n) is 2.16. The van der Waals surface area contributed by atoms with E-state index in [1.54, 1.807) is 18.2 Å². The van der Waals surface area contributed by atoms with Gasteiger partial charge in [-0.2, -0.15) is 0 Å². The molecule has 0 bridgehead atoms. The molecule has 1 amide bonds. The summed E-state index contributed by atoms with van der Waals surface area (Å²) in [6, 6.07) is 9.34. The Labute approximate surface area is 139 Å². The van der Waals surface area contributed by atoms with Gasteiger partial charge in [0.15, 0.2) is 11.5 Å². The molecule has 2 N–H and O–H groups in total. The van der Waals surface area contributed by atoms with Crippen LogP contribution >= 0.6 is 0 Å². The van der Waals surface area contributed by atoms with Crippen molar-refractivity contribution in [3.05, 3.63) is 53.1 Å². The molecule has 1 aliphatic rings. The van der Waals surface area contributed by atoms with Crippen LogP contribution in [0.5, 0.6) is 11.5 Å². The third kappa shape index (κ3) is 3.19. The molecule has 7 nitrogen and oxygen atoms in total. The maximum absolute atomic E-state index is 12.2. The summed E-state index contributed by atoms with van der Waals surface area (Å²) in [5.74, 6) is 0.391. The molecule has 0 saturated carbocycles. The molecular weight excluding hydrogens is 332 g/mol. The van der Waals surface area contributed by atoms with Gasteiger partial charge in [-0.15, -0.1) is 4.83 Å². The SMILES string of the molecule is Cc1ccc(S(=O)(=O)NNC(=O)c2ccc3c(c2)OCO3)cc1C. The van der Waals surface area contributed by atoms with E-state index in [-0.39, 0.29) is 17.3 Å². The first-order valence-electron chi connectivity index (χ1n) is 7.16. The second kappa shape index (κ2) is 6.14. The van der Waals surface area contributed by atoms with E-state index in [9.17, 15) is 13.2 Å². The van der Waals surface area contributed by atoms with Crippen LogP contribution in [-0.2, 0) is 10.0 Å². The van der Waals surface area contributed by atoms with E-state index < -0.39 is 15.9 Å². The van der Waals surface area contributed by atoms with Crippen LogP contribution in [0.2, 0.25) is 0 Å². The van der Waals surface area contributed by atoms with Crippen molar-refractivity contribution in [2.24, 2.45) is 0 Å². The second-order valence-electron chi connectivity index (χ2n) is 5.37. The number of carbonyl (C=O) groups is 1. The van der Waals surface area contributed by atoms with Gasteiger partial charge in [0.2, 0.25) is 6.79 Å². The van der Waals surface area contributed by atoms with Crippen molar-refractivity contribution in [3.63, 3.8) is 0 Å². The van der Waals surface area contributed by atoms with Gasteiger partial charge in [-0.1, -0.05) is 6.07 Å². The number of fused-ring (bicyclic) bond motifs is 1. The average molecular weight is 348 g/mol. The van der Waals surface area contributed by atoms with Gasteiger partial charge < -0.3 is 9.47 Å². The lowest BCUT2D eigenvalue weighted by atomic mass is 10.1. The Kier molecular flexibility index (Phi) is 4.16. The van der Waals surface area contributed by atoms with Crippen LogP contribution in [0.4, 0.5) is 0 Å². The van der Waals surface area contributed by atoms with Gasteiger partial charge in [-0.3, -0.25) is 10.2 Å². The molecule has 0 aromatic heterocycles. The summed E-state index contributed by atoms with van der Waals surface area (Å²) >= 11 is 0. The van der Waals surface area contributed by atoms with Gasteiger partial charge >= 0.3 is 0 Å². The van der Waals surface area contributed by atoms with Crippen molar-refractivity contribution < 1.29 is 22.7 Å². The van der Waals surface area contributed by atoms with Gasteiger partial charge in [0.25, 0.3) is 15.9 Å². The molecule has 0 atom stereocenters. The Balaban J connectivity index is 1.72. The molecule has 1 aliphatic heterocycles. The number of aryl methyl sites for hydroxylation is 2. The molecule has 0 aliphatic carbocycles. The summed E-state index contributed by atoms with van der Waals surface area (Å²) in [5, 5.41) is 0. The van der Waals surface area contributed by atoms with Crippen molar-refractivity contribution in [2.45, 2.75) is 18.7 Å². The van der Waals surface area contributed by atoms with Crippen LogP contribution in [-0.4, -0.2) is 21.1 Å². The van der Waals surface area contributed by atoms with E-state index >= 15 is 0 Å². The highest BCUT2D eigenvalue weighted by Crippen LogP contribution is 2.32. The van der Waals surface area contributed by atoms with Gasteiger partial charge in [0.1, 0.15) is 0 Å². The minimum Gasteiger partial charge on any atom is -0.454 e. The van der Waals surface area contributed by atoms with Crippen LogP contribution in [0, 0.1) is 13.8 Å². The normalized spacial score (nSPS) is 12.9. The Morgan fingerprint density at radius 3 is 2.50 bits per heavy atom. The topological polar surface area (TPSA) is 93.7 Å². The minimum atomic E-state index is -3.85. The smallest absolute Gasteiger partial charge is 0.266 e. The lowest BCUT2D eigenvalue weighted by Gasteiger charge is -2.10. The molecule has 0 unspecified atom stereocenters. The Morgan fingerprint density at radius 2 is 1.75 bits per heavy atom. The van der Waals surface area contributed by atoms with E-state index in [4.69, 9.17) is 9.47 Å². The highest BCUT2D eigenvalue weighted by atomic mass is 32.2. The molecule has 2 aromatic carbocycles. The maximum Gasteiger partial charge on any atom is 0.266 e. The first-order chi connectivity index (χ1) is 11.4. The van der Waals surface area contributed by atoms with Crippen LogP contribution in [0.3, 0.4) is 0 Å². The molecule has 126 valence electrons. The molecule has 0 radical (unpaired) electrons.